The van der Waals surface area contributed by atoms with E-state index in [0.717, 1.165) is 11.1 Å². The Morgan fingerprint density at radius 3 is 2.24 bits per heavy atom. The first-order valence-corrected chi connectivity index (χ1v) is 5.66. The normalized spacial score (nSPS) is 10.0. The van der Waals surface area contributed by atoms with E-state index in [0.29, 0.717) is 19.5 Å². The SMILES string of the molecule is CC(=O)CCC(=O)NCc1ccc(CN)cc1. The van der Waals surface area contributed by atoms with Gasteiger partial charge in [-0.3, -0.25) is 4.79 Å². The molecule has 0 radical (unpaired) electrons. The fourth-order valence-corrected chi connectivity index (χ4v) is 1.37. The Hall–Kier alpha value is -1.68. The monoisotopic (exact) mass is 234 g/mol. The van der Waals surface area contributed by atoms with Gasteiger partial charge in [0, 0.05) is 25.9 Å². The summed E-state index contributed by atoms with van der Waals surface area (Å²) in [7, 11) is 0. The van der Waals surface area contributed by atoms with Gasteiger partial charge in [0.15, 0.2) is 0 Å². The number of amides is 1. The van der Waals surface area contributed by atoms with E-state index in [1.54, 1.807) is 0 Å². The highest BCUT2D eigenvalue weighted by atomic mass is 16.2. The molecule has 92 valence electrons. The summed E-state index contributed by atoms with van der Waals surface area (Å²) in [6.07, 6.45) is 0.564. The maximum Gasteiger partial charge on any atom is 0.220 e. The van der Waals surface area contributed by atoms with Crippen LogP contribution in [-0.2, 0) is 22.7 Å². The predicted octanol–water partition coefficient (Wildman–Crippen LogP) is 1.13. The Kier molecular flexibility index (Phi) is 5.36. The topological polar surface area (TPSA) is 72.2 Å². The summed E-state index contributed by atoms with van der Waals surface area (Å²) in [5.74, 6) is -0.0597. The number of Topliss-reactive ketones (excluding diaryl/α,β-unsaturated/α-hetero) is 1. The zero-order valence-electron chi connectivity index (χ0n) is 10.0. The standard InChI is InChI=1S/C13H18N2O2/c1-10(16)2-7-13(17)15-9-12-5-3-11(8-14)4-6-12/h3-6H,2,7-9,14H2,1H3,(H,15,17). The van der Waals surface area contributed by atoms with Crippen molar-refractivity contribution in [1.82, 2.24) is 5.32 Å². The largest absolute Gasteiger partial charge is 0.352 e. The molecule has 0 aliphatic rings. The number of ketones is 1. The van der Waals surface area contributed by atoms with Crippen LogP contribution in [0.1, 0.15) is 30.9 Å². The van der Waals surface area contributed by atoms with Crippen LogP contribution in [0.4, 0.5) is 0 Å². The lowest BCUT2D eigenvalue weighted by Crippen LogP contribution is -2.22. The van der Waals surface area contributed by atoms with Crippen LogP contribution in [0.2, 0.25) is 0 Å². The Labute approximate surface area is 101 Å². The Morgan fingerprint density at radius 1 is 1.12 bits per heavy atom. The molecule has 0 saturated heterocycles. The fourth-order valence-electron chi connectivity index (χ4n) is 1.37. The minimum atomic E-state index is -0.0944. The number of nitrogens with one attached hydrogen (secondary N) is 1. The van der Waals surface area contributed by atoms with E-state index in [2.05, 4.69) is 5.32 Å². The third kappa shape index (κ3) is 5.26. The molecule has 0 saturated carbocycles. The molecule has 1 aromatic carbocycles. The molecule has 0 fully saturated rings. The van der Waals surface area contributed by atoms with Crippen molar-refractivity contribution in [3.8, 4) is 0 Å². The number of hydrogen-bond donors (Lipinski definition) is 2. The molecular formula is C13H18N2O2. The van der Waals surface area contributed by atoms with Gasteiger partial charge in [-0.25, -0.2) is 0 Å². The first kappa shape index (κ1) is 13.4. The van der Waals surface area contributed by atoms with Gasteiger partial charge in [-0.15, -0.1) is 0 Å². The van der Waals surface area contributed by atoms with E-state index in [1.807, 2.05) is 24.3 Å². The van der Waals surface area contributed by atoms with Crippen LogP contribution in [0.25, 0.3) is 0 Å². The van der Waals surface area contributed by atoms with E-state index >= 15 is 0 Å². The molecule has 0 heterocycles. The van der Waals surface area contributed by atoms with Crippen molar-refractivity contribution >= 4 is 11.7 Å². The zero-order chi connectivity index (χ0) is 12.7. The van der Waals surface area contributed by atoms with Gasteiger partial charge in [0.25, 0.3) is 0 Å². The molecular weight excluding hydrogens is 216 g/mol. The minimum absolute atomic E-state index is 0.0347. The Morgan fingerprint density at radius 2 is 1.71 bits per heavy atom. The first-order valence-electron chi connectivity index (χ1n) is 5.66. The van der Waals surface area contributed by atoms with Crippen LogP contribution in [0.3, 0.4) is 0 Å². The summed E-state index contributed by atoms with van der Waals surface area (Å²) in [5, 5.41) is 2.77. The average Bonchev–Trinajstić information content (AvgIpc) is 2.34. The highest BCUT2D eigenvalue weighted by Crippen LogP contribution is 2.03. The number of carbonyl (C=O) groups is 2. The van der Waals surface area contributed by atoms with Crippen LogP contribution < -0.4 is 11.1 Å². The third-order valence-electron chi connectivity index (χ3n) is 2.45. The Bertz CT molecular complexity index is 385. The zero-order valence-corrected chi connectivity index (χ0v) is 10.0. The molecule has 0 spiro atoms. The van der Waals surface area contributed by atoms with E-state index in [1.165, 1.54) is 6.92 Å². The van der Waals surface area contributed by atoms with Gasteiger partial charge < -0.3 is 15.8 Å². The molecule has 0 aliphatic heterocycles. The highest BCUT2D eigenvalue weighted by molar-refractivity contribution is 5.83. The summed E-state index contributed by atoms with van der Waals surface area (Å²) in [6, 6.07) is 7.76. The number of benzene rings is 1. The van der Waals surface area contributed by atoms with Crippen molar-refractivity contribution in [2.75, 3.05) is 0 Å². The molecule has 1 aromatic rings. The van der Waals surface area contributed by atoms with Gasteiger partial charge in [0.2, 0.25) is 5.91 Å². The highest BCUT2D eigenvalue weighted by Gasteiger charge is 2.03. The lowest BCUT2D eigenvalue weighted by atomic mass is 10.1. The van der Waals surface area contributed by atoms with Crippen molar-refractivity contribution in [1.29, 1.82) is 0 Å². The number of carbonyl (C=O) groups excluding carboxylic acids is 2. The lowest BCUT2D eigenvalue weighted by molar-refractivity contribution is -0.124. The van der Waals surface area contributed by atoms with E-state index in [4.69, 9.17) is 5.73 Å². The molecule has 3 N–H and O–H groups in total. The van der Waals surface area contributed by atoms with E-state index in [9.17, 15) is 9.59 Å². The van der Waals surface area contributed by atoms with Gasteiger partial charge in [-0.2, -0.15) is 0 Å². The van der Waals surface area contributed by atoms with E-state index < -0.39 is 0 Å². The second-order valence-electron chi connectivity index (χ2n) is 4.00. The summed E-state index contributed by atoms with van der Waals surface area (Å²) in [4.78, 5) is 22.1. The maximum atomic E-state index is 11.4. The van der Waals surface area contributed by atoms with Crippen molar-refractivity contribution in [2.45, 2.75) is 32.9 Å². The summed E-state index contributed by atoms with van der Waals surface area (Å²) >= 11 is 0. The molecule has 0 aliphatic carbocycles. The third-order valence-corrected chi connectivity index (χ3v) is 2.45. The van der Waals surface area contributed by atoms with Gasteiger partial charge in [-0.05, 0) is 18.1 Å². The molecule has 4 nitrogen and oxygen atoms in total. The van der Waals surface area contributed by atoms with Crippen molar-refractivity contribution in [3.05, 3.63) is 35.4 Å². The number of nitrogens with two attached hydrogens (primary N) is 1. The average molecular weight is 234 g/mol. The van der Waals surface area contributed by atoms with Gasteiger partial charge in [-0.1, -0.05) is 24.3 Å². The molecule has 4 heteroatoms. The number of rotatable bonds is 6. The van der Waals surface area contributed by atoms with Crippen molar-refractivity contribution < 1.29 is 9.59 Å². The minimum Gasteiger partial charge on any atom is -0.352 e. The van der Waals surface area contributed by atoms with Gasteiger partial charge in [0.05, 0.1) is 0 Å². The smallest absolute Gasteiger partial charge is 0.220 e. The maximum absolute atomic E-state index is 11.4. The Balaban J connectivity index is 2.34. The second-order valence-corrected chi connectivity index (χ2v) is 4.00. The lowest BCUT2D eigenvalue weighted by Gasteiger charge is -2.05. The van der Waals surface area contributed by atoms with E-state index in [-0.39, 0.29) is 18.1 Å². The summed E-state index contributed by atoms with van der Waals surface area (Å²) in [6.45, 7) is 2.49. The number of hydrogen-bond acceptors (Lipinski definition) is 3. The van der Waals surface area contributed by atoms with Gasteiger partial charge >= 0.3 is 0 Å². The van der Waals surface area contributed by atoms with Gasteiger partial charge in [0.1, 0.15) is 5.78 Å². The second kappa shape index (κ2) is 6.81. The fraction of sp³-hybridized carbons (Fsp3) is 0.385. The van der Waals surface area contributed by atoms with Crippen LogP contribution in [-0.4, -0.2) is 11.7 Å². The van der Waals surface area contributed by atoms with Crippen LogP contribution in [0.5, 0.6) is 0 Å². The molecule has 1 rings (SSSR count). The first-order chi connectivity index (χ1) is 8.11. The summed E-state index contributed by atoms with van der Waals surface area (Å²) < 4.78 is 0. The predicted molar refractivity (Wildman–Crippen MR) is 66.1 cm³/mol. The molecule has 0 atom stereocenters. The molecule has 0 unspecified atom stereocenters. The van der Waals surface area contributed by atoms with Crippen molar-refractivity contribution in [2.24, 2.45) is 5.73 Å². The molecule has 1 amide bonds. The molecule has 17 heavy (non-hydrogen) atoms. The summed E-state index contributed by atoms with van der Waals surface area (Å²) in [5.41, 5.74) is 7.58. The van der Waals surface area contributed by atoms with Crippen LogP contribution in [0, 0.1) is 0 Å². The molecule has 0 aromatic heterocycles. The van der Waals surface area contributed by atoms with Crippen LogP contribution >= 0.6 is 0 Å². The van der Waals surface area contributed by atoms with Crippen LogP contribution in [0.15, 0.2) is 24.3 Å². The van der Waals surface area contributed by atoms with Crippen molar-refractivity contribution in [3.63, 3.8) is 0 Å². The molecule has 0 bridgehead atoms. The quantitative estimate of drug-likeness (QED) is 0.775.